The van der Waals surface area contributed by atoms with Crippen LogP contribution in [0.5, 0.6) is 5.75 Å². The van der Waals surface area contributed by atoms with E-state index in [1.165, 1.54) is 89.0 Å². The Kier molecular flexibility index (Phi) is 13.1. The number of hydrogen-bond acceptors (Lipinski definition) is 1. The van der Waals surface area contributed by atoms with Crippen LogP contribution in [0.2, 0.25) is 0 Å². The van der Waals surface area contributed by atoms with Gasteiger partial charge in [0.05, 0.1) is 0 Å². The number of aromatic hydroxyl groups is 1. The molecule has 0 aliphatic carbocycles. The summed E-state index contributed by atoms with van der Waals surface area (Å²) >= 11 is 0. The van der Waals surface area contributed by atoms with Gasteiger partial charge in [0, 0.05) is 11.5 Å². The Labute approximate surface area is 188 Å². The van der Waals surface area contributed by atoms with Gasteiger partial charge in [-0.15, -0.1) is 6.58 Å². The summed E-state index contributed by atoms with van der Waals surface area (Å²) in [5.41, 5.74) is 3.39. The maximum Gasteiger partial charge on any atom is 0.123 e. The molecule has 0 aliphatic heterocycles. The highest BCUT2D eigenvalue weighted by molar-refractivity contribution is 5.51. The number of benzene rings is 1. The van der Waals surface area contributed by atoms with Crippen LogP contribution >= 0.6 is 0 Å². The number of hydrogen-bond donors (Lipinski definition) is 1. The summed E-state index contributed by atoms with van der Waals surface area (Å²) in [5.74, 6) is 0.673. The van der Waals surface area contributed by atoms with Gasteiger partial charge in [0.25, 0.3) is 0 Å². The summed E-state index contributed by atoms with van der Waals surface area (Å²) in [7, 11) is 0. The fraction of sp³-hybridized carbons (Fsp3) is 0.724. The molecule has 0 amide bonds. The summed E-state index contributed by atoms with van der Waals surface area (Å²) in [4.78, 5) is 0. The summed E-state index contributed by atoms with van der Waals surface area (Å²) < 4.78 is 0. The molecule has 1 rings (SSSR count). The lowest BCUT2D eigenvalue weighted by atomic mass is 9.81. The van der Waals surface area contributed by atoms with Gasteiger partial charge in [-0.2, -0.15) is 0 Å². The lowest BCUT2D eigenvalue weighted by Crippen LogP contribution is -2.13. The number of unbranched alkanes of at least 4 members (excludes halogenated alkanes) is 12. The summed E-state index contributed by atoms with van der Waals surface area (Å²) in [6.45, 7) is 14.9. The first-order chi connectivity index (χ1) is 14.3. The second kappa shape index (κ2) is 14.7. The van der Waals surface area contributed by atoms with Crippen LogP contribution in [0.4, 0.5) is 0 Å². The highest BCUT2D eigenvalue weighted by Crippen LogP contribution is 2.39. The summed E-state index contributed by atoms with van der Waals surface area (Å²) in [6, 6.07) is 4.38. The van der Waals surface area contributed by atoms with Crippen LogP contribution in [0.3, 0.4) is 0 Å². The van der Waals surface area contributed by atoms with Crippen molar-refractivity contribution in [3.63, 3.8) is 0 Å². The number of allylic oxidation sites excluding steroid dienone is 1. The van der Waals surface area contributed by atoms with E-state index in [1.54, 1.807) is 0 Å². The van der Waals surface area contributed by atoms with E-state index < -0.39 is 0 Å². The van der Waals surface area contributed by atoms with Gasteiger partial charge in [-0.25, -0.2) is 0 Å². The molecule has 1 atom stereocenters. The molecule has 0 fully saturated rings. The van der Waals surface area contributed by atoms with Gasteiger partial charge in [-0.1, -0.05) is 130 Å². The molecular formula is C29H50O. The first kappa shape index (κ1) is 26.8. The van der Waals surface area contributed by atoms with Crippen LogP contribution in [0, 0.1) is 0 Å². The third-order valence-electron chi connectivity index (χ3n) is 6.47. The van der Waals surface area contributed by atoms with E-state index in [0.717, 1.165) is 17.5 Å². The second-order valence-electron chi connectivity index (χ2n) is 10.3. The molecule has 1 N–H and O–H groups in total. The third-order valence-corrected chi connectivity index (χ3v) is 6.47. The van der Waals surface area contributed by atoms with Crippen molar-refractivity contribution in [2.45, 2.75) is 136 Å². The fourth-order valence-corrected chi connectivity index (χ4v) is 4.43. The average Bonchev–Trinajstić information content (AvgIpc) is 2.70. The normalized spacial score (nSPS) is 12.8. The molecule has 0 saturated heterocycles. The standard InChI is InChI=1S/C29H50O/c1-7-9-10-11-12-13-14-15-16-17-18-19-20-21-25-22-23-26(29(4,5)6)28(30)27(25)24(3)8-2/h8,22-24,30H,2,7,9-21H2,1,3-6H3. The van der Waals surface area contributed by atoms with Crippen LogP contribution in [0.25, 0.3) is 0 Å². The van der Waals surface area contributed by atoms with E-state index in [0.29, 0.717) is 5.75 Å². The van der Waals surface area contributed by atoms with Crippen molar-refractivity contribution < 1.29 is 5.11 Å². The Morgan fingerprint density at radius 3 is 1.73 bits per heavy atom. The van der Waals surface area contributed by atoms with Crippen molar-refractivity contribution in [2.75, 3.05) is 0 Å². The first-order valence-corrected chi connectivity index (χ1v) is 12.8. The van der Waals surface area contributed by atoms with Crippen molar-refractivity contribution >= 4 is 0 Å². The van der Waals surface area contributed by atoms with Crippen LogP contribution in [-0.2, 0) is 11.8 Å². The van der Waals surface area contributed by atoms with Gasteiger partial charge >= 0.3 is 0 Å². The van der Waals surface area contributed by atoms with E-state index in [4.69, 9.17) is 0 Å². The van der Waals surface area contributed by atoms with Crippen LogP contribution in [0.1, 0.15) is 141 Å². The van der Waals surface area contributed by atoms with Crippen molar-refractivity contribution in [1.82, 2.24) is 0 Å². The quantitative estimate of drug-likeness (QED) is 0.211. The van der Waals surface area contributed by atoms with Crippen LogP contribution in [0.15, 0.2) is 24.8 Å². The highest BCUT2D eigenvalue weighted by atomic mass is 16.3. The summed E-state index contributed by atoms with van der Waals surface area (Å²) in [5, 5.41) is 11.0. The van der Waals surface area contributed by atoms with E-state index in [-0.39, 0.29) is 11.3 Å². The minimum atomic E-state index is -0.0479. The third kappa shape index (κ3) is 9.71. The maximum atomic E-state index is 11.0. The van der Waals surface area contributed by atoms with Crippen LogP contribution in [-0.4, -0.2) is 5.11 Å². The Balaban J connectivity index is 2.33. The van der Waals surface area contributed by atoms with Crippen LogP contribution < -0.4 is 0 Å². The topological polar surface area (TPSA) is 20.2 Å². The van der Waals surface area contributed by atoms with Crippen molar-refractivity contribution in [2.24, 2.45) is 0 Å². The number of rotatable bonds is 16. The number of aryl methyl sites for hydroxylation is 1. The monoisotopic (exact) mass is 414 g/mol. The van der Waals surface area contributed by atoms with Gasteiger partial charge in [0.2, 0.25) is 0 Å². The van der Waals surface area contributed by atoms with E-state index >= 15 is 0 Å². The summed E-state index contributed by atoms with van der Waals surface area (Å²) in [6.07, 6.45) is 21.0. The average molecular weight is 415 g/mol. The Morgan fingerprint density at radius 2 is 1.30 bits per heavy atom. The second-order valence-corrected chi connectivity index (χ2v) is 10.3. The van der Waals surface area contributed by atoms with Gasteiger partial charge < -0.3 is 5.11 Å². The predicted octanol–water partition coefficient (Wildman–Crippen LogP) is 9.61. The number of phenolic OH excluding ortho intramolecular Hbond substituents is 1. The maximum absolute atomic E-state index is 11.0. The minimum absolute atomic E-state index is 0.0479. The Morgan fingerprint density at radius 1 is 0.833 bits per heavy atom. The Bertz CT molecular complexity index is 593. The molecule has 0 heterocycles. The molecule has 30 heavy (non-hydrogen) atoms. The zero-order chi connectivity index (χ0) is 22.4. The molecule has 0 aromatic heterocycles. The minimum Gasteiger partial charge on any atom is -0.507 e. The SMILES string of the molecule is C=CC(C)c1c(CCCCCCCCCCCCCCC)ccc(C(C)(C)C)c1O. The Hall–Kier alpha value is -1.24. The highest BCUT2D eigenvalue weighted by Gasteiger charge is 2.23. The molecular weight excluding hydrogens is 364 g/mol. The number of phenols is 1. The smallest absolute Gasteiger partial charge is 0.123 e. The molecule has 0 saturated carbocycles. The first-order valence-electron chi connectivity index (χ1n) is 12.8. The molecule has 1 nitrogen and oxygen atoms in total. The van der Waals surface area contributed by atoms with Crippen molar-refractivity contribution in [3.8, 4) is 5.75 Å². The molecule has 0 bridgehead atoms. The molecule has 1 aromatic carbocycles. The van der Waals surface area contributed by atoms with Crippen molar-refractivity contribution in [1.29, 1.82) is 0 Å². The predicted molar refractivity (Wildman–Crippen MR) is 135 cm³/mol. The zero-order valence-corrected chi connectivity index (χ0v) is 20.9. The molecule has 1 unspecified atom stereocenters. The molecule has 0 radical (unpaired) electrons. The van der Waals surface area contributed by atoms with E-state index in [1.807, 2.05) is 6.08 Å². The lowest BCUT2D eigenvalue weighted by Gasteiger charge is -2.25. The molecule has 0 spiro atoms. The molecule has 0 aliphatic rings. The fourth-order valence-electron chi connectivity index (χ4n) is 4.43. The van der Waals surface area contributed by atoms with Gasteiger partial charge in [0.1, 0.15) is 5.75 Å². The zero-order valence-electron chi connectivity index (χ0n) is 20.9. The molecule has 1 aromatic rings. The molecule has 172 valence electrons. The lowest BCUT2D eigenvalue weighted by molar-refractivity contribution is 0.437. The molecule has 1 heteroatoms. The largest absolute Gasteiger partial charge is 0.507 e. The van der Waals surface area contributed by atoms with Crippen molar-refractivity contribution in [3.05, 3.63) is 41.5 Å². The van der Waals surface area contributed by atoms with Gasteiger partial charge in [-0.05, 0) is 29.4 Å². The van der Waals surface area contributed by atoms with E-state index in [2.05, 4.69) is 53.3 Å². The van der Waals surface area contributed by atoms with E-state index in [9.17, 15) is 5.11 Å². The van der Waals surface area contributed by atoms with Gasteiger partial charge in [-0.3, -0.25) is 0 Å². The van der Waals surface area contributed by atoms with Gasteiger partial charge in [0.15, 0.2) is 0 Å².